The average Bonchev–Trinajstić information content (AvgIpc) is 3.45. The van der Waals surface area contributed by atoms with Gasteiger partial charge in [0, 0.05) is 30.3 Å². The molecule has 2 aliphatic heterocycles. The molecule has 9 heteroatoms. The zero-order chi connectivity index (χ0) is 25.4. The summed E-state index contributed by atoms with van der Waals surface area (Å²) in [5, 5.41) is 0. The first kappa shape index (κ1) is 23.4. The Labute approximate surface area is 208 Å². The third-order valence-electron chi connectivity index (χ3n) is 6.25. The van der Waals surface area contributed by atoms with Crippen molar-refractivity contribution in [2.75, 3.05) is 32.0 Å². The number of imide groups is 2. The lowest BCUT2D eigenvalue weighted by atomic mass is 10.1. The lowest BCUT2D eigenvalue weighted by Crippen LogP contribution is -2.57. The van der Waals surface area contributed by atoms with Gasteiger partial charge in [0.25, 0.3) is 11.8 Å². The number of hydrogen-bond acceptors (Lipinski definition) is 6. The van der Waals surface area contributed by atoms with Crippen LogP contribution >= 0.6 is 0 Å². The second-order valence-corrected chi connectivity index (χ2v) is 8.47. The molecule has 1 saturated heterocycles. The molecular formula is C27H25N3O6. The Morgan fingerprint density at radius 3 is 2.42 bits per heavy atom. The molecule has 0 aliphatic carbocycles. The summed E-state index contributed by atoms with van der Waals surface area (Å²) in [6, 6.07) is 15.4. The smallest absolute Gasteiger partial charge is 0.338 e. The van der Waals surface area contributed by atoms with Crippen LogP contribution in [-0.2, 0) is 14.3 Å². The van der Waals surface area contributed by atoms with Gasteiger partial charge < -0.3 is 18.8 Å². The van der Waals surface area contributed by atoms with Crippen LogP contribution < -0.4 is 14.4 Å². The van der Waals surface area contributed by atoms with E-state index >= 15 is 0 Å². The van der Waals surface area contributed by atoms with Crippen LogP contribution in [-0.4, -0.2) is 54.4 Å². The van der Waals surface area contributed by atoms with Crippen LogP contribution in [0.15, 0.2) is 60.2 Å². The summed E-state index contributed by atoms with van der Waals surface area (Å²) in [7, 11) is 1.49. The lowest BCUT2D eigenvalue weighted by Gasteiger charge is -2.33. The molecule has 4 amide bonds. The first-order valence-electron chi connectivity index (χ1n) is 11.5. The Hall–Kier alpha value is -4.37. The minimum absolute atomic E-state index is 0.0261. The van der Waals surface area contributed by atoms with Gasteiger partial charge in [0.1, 0.15) is 5.57 Å². The number of fused-ring (bicyclic) bond motifs is 1. The van der Waals surface area contributed by atoms with Gasteiger partial charge in [-0.05, 0) is 55.8 Å². The van der Waals surface area contributed by atoms with E-state index in [4.69, 9.17) is 14.2 Å². The van der Waals surface area contributed by atoms with E-state index in [0.29, 0.717) is 22.7 Å². The number of aromatic nitrogens is 1. The number of nitrogens with zero attached hydrogens (tertiary/aromatic N) is 3. The summed E-state index contributed by atoms with van der Waals surface area (Å²) >= 11 is 0. The second-order valence-electron chi connectivity index (χ2n) is 8.47. The predicted molar refractivity (Wildman–Crippen MR) is 132 cm³/mol. The molecule has 36 heavy (non-hydrogen) atoms. The van der Waals surface area contributed by atoms with Gasteiger partial charge in [-0.2, -0.15) is 0 Å². The molecule has 9 nitrogen and oxygen atoms in total. The van der Waals surface area contributed by atoms with Gasteiger partial charge in [-0.25, -0.2) is 9.69 Å². The number of barbiturate groups is 1. The normalized spacial score (nSPS) is 16.4. The van der Waals surface area contributed by atoms with Crippen molar-refractivity contribution in [1.29, 1.82) is 0 Å². The number of para-hydroxylation sites is 1. The van der Waals surface area contributed by atoms with Crippen LogP contribution in [0.3, 0.4) is 0 Å². The van der Waals surface area contributed by atoms with Crippen LogP contribution in [0.1, 0.15) is 17.0 Å². The number of ether oxygens (including phenoxy) is 3. The molecule has 0 N–H and O–H groups in total. The molecule has 1 fully saturated rings. The summed E-state index contributed by atoms with van der Waals surface area (Å²) in [5.74, 6) is 0.0203. The number of anilines is 1. The summed E-state index contributed by atoms with van der Waals surface area (Å²) < 4.78 is 18.0. The summed E-state index contributed by atoms with van der Waals surface area (Å²) in [5.41, 5.74) is 3.57. The molecule has 5 rings (SSSR count). The molecule has 0 atom stereocenters. The van der Waals surface area contributed by atoms with Crippen molar-refractivity contribution in [2.24, 2.45) is 0 Å². The van der Waals surface area contributed by atoms with Crippen molar-refractivity contribution in [3.05, 3.63) is 77.1 Å². The van der Waals surface area contributed by atoms with Crippen molar-refractivity contribution in [3.63, 3.8) is 0 Å². The highest BCUT2D eigenvalue weighted by Gasteiger charge is 2.42. The number of carbonyl (C=O) groups is 3. The molecule has 2 aromatic carbocycles. The molecule has 184 valence electrons. The average molecular weight is 488 g/mol. The molecular weight excluding hydrogens is 462 g/mol. The van der Waals surface area contributed by atoms with Crippen molar-refractivity contribution < 1.29 is 28.6 Å². The van der Waals surface area contributed by atoms with Crippen LogP contribution in [0.2, 0.25) is 0 Å². The van der Waals surface area contributed by atoms with E-state index in [9.17, 15) is 14.4 Å². The minimum atomic E-state index is -0.698. The largest absolute Gasteiger partial charge is 0.454 e. The number of benzene rings is 2. The standard InChI is InChI=1S/C27H25N3O6/c1-17-13-19(18(2)29(17)21-9-10-23-24(15-21)36-16-35-23)14-22-25(31)28(11-12-34-3)27(33)30(26(22)32)20-7-5-4-6-8-20/h4-10,13-15H,11-12,16H2,1-3H3. The second kappa shape index (κ2) is 9.35. The lowest BCUT2D eigenvalue weighted by molar-refractivity contribution is -0.129. The van der Waals surface area contributed by atoms with Gasteiger partial charge in [0.15, 0.2) is 11.5 Å². The molecule has 3 aromatic rings. The fourth-order valence-corrected chi connectivity index (χ4v) is 4.47. The van der Waals surface area contributed by atoms with Crippen LogP contribution in [0, 0.1) is 13.8 Å². The van der Waals surface area contributed by atoms with E-state index in [1.165, 1.54) is 7.11 Å². The minimum Gasteiger partial charge on any atom is -0.454 e. The topological polar surface area (TPSA) is 90.3 Å². The molecule has 0 unspecified atom stereocenters. The number of aryl methyl sites for hydroxylation is 1. The van der Waals surface area contributed by atoms with Gasteiger partial charge in [-0.15, -0.1) is 0 Å². The molecule has 0 radical (unpaired) electrons. The molecule has 2 aliphatic rings. The van der Waals surface area contributed by atoms with Crippen molar-refractivity contribution in [1.82, 2.24) is 9.47 Å². The number of amides is 4. The van der Waals surface area contributed by atoms with Gasteiger partial charge >= 0.3 is 6.03 Å². The Balaban J connectivity index is 1.57. The molecule has 0 bridgehead atoms. The maximum atomic E-state index is 13.5. The van der Waals surface area contributed by atoms with E-state index in [1.807, 2.05) is 42.7 Å². The van der Waals surface area contributed by atoms with Crippen molar-refractivity contribution in [3.8, 4) is 17.2 Å². The van der Waals surface area contributed by atoms with Crippen LogP contribution in [0.4, 0.5) is 10.5 Å². The van der Waals surface area contributed by atoms with Crippen LogP contribution in [0.25, 0.3) is 11.8 Å². The molecule has 0 saturated carbocycles. The Morgan fingerprint density at radius 2 is 1.67 bits per heavy atom. The first-order chi connectivity index (χ1) is 17.4. The number of hydrogen-bond donors (Lipinski definition) is 0. The van der Waals surface area contributed by atoms with Gasteiger partial charge in [-0.3, -0.25) is 14.5 Å². The van der Waals surface area contributed by atoms with Gasteiger partial charge in [0.2, 0.25) is 6.79 Å². The van der Waals surface area contributed by atoms with Crippen LogP contribution in [0.5, 0.6) is 11.5 Å². The highest BCUT2D eigenvalue weighted by molar-refractivity contribution is 6.39. The van der Waals surface area contributed by atoms with Crippen molar-refractivity contribution in [2.45, 2.75) is 13.8 Å². The summed E-state index contributed by atoms with van der Waals surface area (Å²) in [6.07, 6.45) is 1.55. The quantitative estimate of drug-likeness (QED) is 0.388. The van der Waals surface area contributed by atoms with Gasteiger partial charge in [-0.1, -0.05) is 18.2 Å². The molecule has 1 aromatic heterocycles. The maximum Gasteiger partial charge on any atom is 0.338 e. The fourth-order valence-electron chi connectivity index (χ4n) is 4.47. The Kier molecular flexibility index (Phi) is 6.07. The van der Waals surface area contributed by atoms with E-state index in [-0.39, 0.29) is 25.5 Å². The maximum absolute atomic E-state index is 13.5. The highest BCUT2D eigenvalue weighted by atomic mass is 16.7. The predicted octanol–water partition coefficient (Wildman–Crippen LogP) is 3.85. The zero-order valence-electron chi connectivity index (χ0n) is 20.2. The van der Waals surface area contributed by atoms with E-state index < -0.39 is 17.8 Å². The SMILES string of the molecule is COCCN1C(=O)C(=Cc2cc(C)n(-c3ccc4c(c3)OCO4)c2C)C(=O)N(c2ccccc2)C1=O. The fraction of sp³-hybridized carbons (Fsp3) is 0.222. The first-order valence-corrected chi connectivity index (χ1v) is 11.5. The number of carbonyl (C=O) groups excluding carboxylic acids is 3. The summed E-state index contributed by atoms with van der Waals surface area (Å²) in [6.45, 7) is 4.21. The Morgan fingerprint density at radius 1 is 0.917 bits per heavy atom. The Bertz CT molecular complexity index is 1390. The van der Waals surface area contributed by atoms with E-state index in [2.05, 4.69) is 0 Å². The highest BCUT2D eigenvalue weighted by Crippen LogP contribution is 2.35. The number of rotatable bonds is 6. The van der Waals surface area contributed by atoms with Crippen molar-refractivity contribution >= 4 is 29.6 Å². The van der Waals surface area contributed by atoms with Gasteiger partial charge in [0.05, 0.1) is 18.8 Å². The summed E-state index contributed by atoms with van der Waals surface area (Å²) in [4.78, 5) is 42.0. The number of methoxy groups -OCH3 is 1. The van der Waals surface area contributed by atoms with E-state index in [1.54, 1.807) is 36.4 Å². The zero-order valence-corrected chi connectivity index (χ0v) is 20.2. The molecule has 3 heterocycles. The third kappa shape index (κ3) is 3.93. The number of urea groups is 1. The molecule has 0 spiro atoms. The van der Waals surface area contributed by atoms with E-state index in [0.717, 1.165) is 26.9 Å². The third-order valence-corrected chi connectivity index (χ3v) is 6.25. The monoisotopic (exact) mass is 487 g/mol.